The summed E-state index contributed by atoms with van der Waals surface area (Å²) in [6.07, 6.45) is 1.13. The zero-order chi connectivity index (χ0) is 9.31. The third kappa shape index (κ3) is 1.58. The minimum absolute atomic E-state index is 0.0988. The quantitative estimate of drug-likeness (QED) is 0.767. The van der Waals surface area contributed by atoms with Gasteiger partial charge in [0.25, 0.3) is 0 Å². The number of nitrogens with two attached hydrogens (primary N) is 1. The minimum atomic E-state index is 0.0988. The Morgan fingerprint density at radius 3 is 3.08 bits per heavy atom. The number of thioether (sulfide) groups is 1. The molecule has 1 aromatic heterocycles. The fraction of sp³-hybridized carbons (Fsp3) is 0.750. The third-order valence-electron chi connectivity index (χ3n) is 2.40. The molecule has 5 heteroatoms. The molecular formula is C8H13N3OS. The molecule has 0 bridgehead atoms. The van der Waals surface area contributed by atoms with Gasteiger partial charge in [-0.2, -0.15) is 16.7 Å². The van der Waals surface area contributed by atoms with Crippen LogP contribution in [0.25, 0.3) is 0 Å². The van der Waals surface area contributed by atoms with Gasteiger partial charge < -0.3 is 10.3 Å². The van der Waals surface area contributed by atoms with Crippen molar-refractivity contribution in [2.75, 3.05) is 11.5 Å². The van der Waals surface area contributed by atoms with Gasteiger partial charge in [0.05, 0.1) is 6.54 Å². The Bertz CT molecular complexity index is 293. The third-order valence-corrected chi connectivity index (χ3v) is 3.74. The van der Waals surface area contributed by atoms with Crippen LogP contribution in [0, 0.1) is 0 Å². The second kappa shape index (κ2) is 3.31. The average molecular weight is 199 g/mol. The maximum absolute atomic E-state index is 5.40. The van der Waals surface area contributed by atoms with Crippen LogP contribution in [-0.4, -0.2) is 21.6 Å². The summed E-state index contributed by atoms with van der Waals surface area (Å²) >= 11 is 1.94. The first-order valence-corrected chi connectivity index (χ1v) is 5.51. The molecule has 72 valence electrons. The van der Waals surface area contributed by atoms with Crippen LogP contribution < -0.4 is 5.73 Å². The van der Waals surface area contributed by atoms with E-state index in [9.17, 15) is 0 Å². The molecule has 1 aliphatic heterocycles. The SMILES string of the molecule is CC1(c2noc(CN)n2)CCSC1. The summed E-state index contributed by atoms with van der Waals surface area (Å²) in [5.74, 6) is 3.62. The van der Waals surface area contributed by atoms with E-state index in [1.807, 2.05) is 11.8 Å². The Hall–Kier alpha value is -0.550. The van der Waals surface area contributed by atoms with E-state index < -0.39 is 0 Å². The molecule has 13 heavy (non-hydrogen) atoms. The Morgan fingerprint density at radius 1 is 1.69 bits per heavy atom. The van der Waals surface area contributed by atoms with Crippen molar-refractivity contribution in [2.24, 2.45) is 5.73 Å². The lowest BCUT2D eigenvalue weighted by Crippen LogP contribution is -2.22. The van der Waals surface area contributed by atoms with Crippen molar-refractivity contribution < 1.29 is 4.52 Å². The Balaban J connectivity index is 2.23. The molecule has 2 heterocycles. The molecule has 1 aliphatic rings. The van der Waals surface area contributed by atoms with Gasteiger partial charge in [-0.05, 0) is 12.2 Å². The Kier molecular flexibility index (Phi) is 2.29. The normalized spacial score (nSPS) is 28.2. The highest BCUT2D eigenvalue weighted by atomic mass is 32.2. The van der Waals surface area contributed by atoms with Crippen molar-refractivity contribution in [3.05, 3.63) is 11.7 Å². The van der Waals surface area contributed by atoms with Gasteiger partial charge in [0.15, 0.2) is 5.82 Å². The molecule has 0 spiro atoms. The fourth-order valence-electron chi connectivity index (χ4n) is 1.43. The van der Waals surface area contributed by atoms with E-state index in [0.29, 0.717) is 12.4 Å². The summed E-state index contributed by atoms with van der Waals surface area (Å²) in [7, 11) is 0. The summed E-state index contributed by atoms with van der Waals surface area (Å²) in [6, 6.07) is 0. The minimum Gasteiger partial charge on any atom is -0.338 e. The summed E-state index contributed by atoms with van der Waals surface area (Å²) in [4.78, 5) is 4.27. The molecule has 0 amide bonds. The van der Waals surface area contributed by atoms with Crippen LogP contribution >= 0.6 is 11.8 Å². The van der Waals surface area contributed by atoms with Crippen molar-refractivity contribution >= 4 is 11.8 Å². The molecule has 0 aliphatic carbocycles. The molecule has 1 saturated heterocycles. The second-order valence-electron chi connectivity index (χ2n) is 3.58. The van der Waals surface area contributed by atoms with Crippen LogP contribution in [0.15, 0.2) is 4.52 Å². The van der Waals surface area contributed by atoms with Gasteiger partial charge in [-0.1, -0.05) is 12.1 Å². The van der Waals surface area contributed by atoms with Crippen LogP contribution in [0.1, 0.15) is 25.1 Å². The van der Waals surface area contributed by atoms with E-state index >= 15 is 0 Å². The maximum atomic E-state index is 5.40. The van der Waals surface area contributed by atoms with E-state index in [0.717, 1.165) is 18.0 Å². The highest BCUT2D eigenvalue weighted by Gasteiger charge is 2.35. The highest BCUT2D eigenvalue weighted by Crippen LogP contribution is 2.36. The maximum Gasteiger partial charge on any atom is 0.240 e. The van der Waals surface area contributed by atoms with Crippen molar-refractivity contribution in [3.8, 4) is 0 Å². The molecule has 2 rings (SSSR count). The predicted molar refractivity (Wildman–Crippen MR) is 51.5 cm³/mol. The van der Waals surface area contributed by atoms with E-state index in [2.05, 4.69) is 17.1 Å². The largest absolute Gasteiger partial charge is 0.338 e. The molecule has 0 aromatic carbocycles. The molecular weight excluding hydrogens is 186 g/mol. The highest BCUT2D eigenvalue weighted by molar-refractivity contribution is 7.99. The summed E-state index contributed by atoms with van der Waals surface area (Å²) < 4.78 is 5.00. The van der Waals surface area contributed by atoms with Crippen molar-refractivity contribution in [2.45, 2.75) is 25.3 Å². The number of hydrogen-bond acceptors (Lipinski definition) is 5. The van der Waals surface area contributed by atoms with Gasteiger partial charge in [0.1, 0.15) is 0 Å². The smallest absolute Gasteiger partial charge is 0.240 e. The first-order valence-electron chi connectivity index (χ1n) is 4.35. The van der Waals surface area contributed by atoms with Crippen LogP contribution in [0.2, 0.25) is 0 Å². The van der Waals surface area contributed by atoms with Gasteiger partial charge in [0, 0.05) is 11.2 Å². The van der Waals surface area contributed by atoms with Crippen LogP contribution in [-0.2, 0) is 12.0 Å². The zero-order valence-corrected chi connectivity index (χ0v) is 8.43. The van der Waals surface area contributed by atoms with Gasteiger partial charge in [-0.15, -0.1) is 0 Å². The van der Waals surface area contributed by atoms with Crippen LogP contribution in [0.4, 0.5) is 0 Å². The summed E-state index contributed by atoms with van der Waals surface area (Å²) in [5.41, 5.74) is 5.50. The molecule has 0 saturated carbocycles. The van der Waals surface area contributed by atoms with Gasteiger partial charge >= 0.3 is 0 Å². The first-order chi connectivity index (χ1) is 6.24. The number of nitrogens with zero attached hydrogens (tertiary/aromatic N) is 2. The van der Waals surface area contributed by atoms with E-state index in [1.165, 1.54) is 5.75 Å². The zero-order valence-electron chi connectivity index (χ0n) is 7.62. The molecule has 1 unspecified atom stereocenters. The molecule has 4 nitrogen and oxygen atoms in total. The summed E-state index contributed by atoms with van der Waals surface area (Å²) in [6.45, 7) is 2.51. The lowest BCUT2D eigenvalue weighted by molar-refractivity contribution is 0.361. The first kappa shape index (κ1) is 9.02. The number of aromatic nitrogens is 2. The summed E-state index contributed by atoms with van der Waals surface area (Å²) in [5, 5.41) is 3.96. The van der Waals surface area contributed by atoms with Crippen LogP contribution in [0.3, 0.4) is 0 Å². The topological polar surface area (TPSA) is 64.9 Å². The van der Waals surface area contributed by atoms with Crippen LogP contribution in [0.5, 0.6) is 0 Å². The van der Waals surface area contributed by atoms with Gasteiger partial charge in [0.2, 0.25) is 5.89 Å². The fourth-order valence-corrected chi connectivity index (χ4v) is 2.89. The molecule has 1 aromatic rings. The molecule has 0 radical (unpaired) electrons. The van der Waals surface area contributed by atoms with E-state index in [4.69, 9.17) is 10.3 Å². The van der Waals surface area contributed by atoms with E-state index in [-0.39, 0.29) is 5.41 Å². The van der Waals surface area contributed by atoms with Crippen molar-refractivity contribution in [1.29, 1.82) is 0 Å². The monoisotopic (exact) mass is 199 g/mol. The number of rotatable bonds is 2. The Labute approximate surface area is 81.3 Å². The molecule has 2 N–H and O–H groups in total. The molecule has 1 atom stereocenters. The van der Waals surface area contributed by atoms with Gasteiger partial charge in [-0.25, -0.2) is 0 Å². The Morgan fingerprint density at radius 2 is 2.54 bits per heavy atom. The van der Waals surface area contributed by atoms with Gasteiger partial charge in [-0.3, -0.25) is 0 Å². The molecule has 1 fully saturated rings. The lowest BCUT2D eigenvalue weighted by Gasteiger charge is -2.16. The van der Waals surface area contributed by atoms with Crippen molar-refractivity contribution in [3.63, 3.8) is 0 Å². The standard InChI is InChI=1S/C8H13N3OS/c1-8(2-3-13-5-8)7-10-6(4-9)12-11-7/h2-5,9H2,1H3. The number of hydrogen-bond donors (Lipinski definition) is 1. The predicted octanol–water partition coefficient (Wildman–Crippen LogP) is 0.923. The second-order valence-corrected chi connectivity index (χ2v) is 4.68. The van der Waals surface area contributed by atoms with E-state index in [1.54, 1.807) is 0 Å². The van der Waals surface area contributed by atoms with Crippen molar-refractivity contribution in [1.82, 2.24) is 10.1 Å². The average Bonchev–Trinajstić information content (AvgIpc) is 2.72. The lowest BCUT2D eigenvalue weighted by atomic mass is 9.89.